The van der Waals surface area contributed by atoms with Gasteiger partial charge in [0.05, 0.1) is 28.4 Å². The van der Waals surface area contributed by atoms with Gasteiger partial charge in [-0.1, -0.05) is 12.1 Å². The molecule has 16 heteroatoms. The van der Waals surface area contributed by atoms with Gasteiger partial charge in [0.2, 0.25) is 0 Å². The van der Waals surface area contributed by atoms with Crippen molar-refractivity contribution in [2.75, 3.05) is 28.4 Å². The zero-order chi connectivity index (χ0) is 40.3. The van der Waals surface area contributed by atoms with E-state index >= 15 is 0 Å². The van der Waals surface area contributed by atoms with Gasteiger partial charge >= 0.3 is 11.4 Å². The number of aryl methyl sites for hydroxylation is 4. The van der Waals surface area contributed by atoms with Gasteiger partial charge in [0, 0.05) is 63.9 Å². The molecule has 1 saturated carbocycles. The predicted molar refractivity (Wildman–Crippen MR) is 211 cm³/mol. The molecule has 1 aliphatic carbocycles. The van der Waals surface area contributed by atoms with Gasteiger partial charge in [0.1, 0.15) is 11.6 Å². The van der Waals surface area contributed by atoms with Crippen LogP contribution >= 0.6 is 0 Å². The van der Waals surface area contributed by atoms with Crippen LogP contribution in [0.1, 0.15) is 74.1 Å². The molecule has 2 aromatic carbocycles. The minimum Gasteiger partial charge on any atom is -0.493 e. The summed E-state index contributed by atoms with van der Waals surface area (Å²) in [5.74, 6) is 1.67. The summed E-state index contributed by atoms with van der Waals surface area (Å²) >= 11 is 0. The Balaban J connectivity index is 1.60. The molecule has 0 N–H and O–H groups in total. The molecule has 4 aromatic heterocycles. The van der Waals surface area contributed by atoms with Crippen LogP contribution in [0, 0.1) is 0 Å². The van der Waals surface area contributed by atoms with Crippen LogP contribution in [0.15, 0.2) is 55.6 Å². The molecular weight excluding hydrogens is 720 g/mol. The predicted octanol–water partition coefficient (Wildman–Crippen LogP) is 3.67. The van der Waals surface area contributed by atoms with E-state index in [-0.39, 0.29) is 24.9 Å². The first-order valence-corrected chi connectivity index (χ1v) is 18.8. The second kappa shape index (κ2) is 14.5. The average Bonchev–Trinajstić information content (AvgIpc) is 3.70. The van der Waals surface area contributed by atoms with Gasteiger partial charge in [0.15, 0.2) is 45.3 Å². The molecule has 6 aromatic rings. The third kappa shape index (κ3) is 5.39. The Morgan fingerprint density at radius 1 is 0.500 bits per heavy atom. The molecule has 0 atom stereocenters. The van der Waals surface area contributed by atoms with Crippen molar-refractivity contribution in [2.45, 2.75) is 77.5 Å². The summed E-state index contributed by atoms with van der Waals surface area (Å²) in [7, 11) is 9.92. The Labute approximate surface area is 322 Å². The Hall–Kier alpha value is -6.06. The van der Waals surface area contributed by atoms with E-state index in [4.69, 9.17) is 28.9 Å². The third-order valence-corrected chi connectivity index (χ3v) is 11.5. The van der Waals surface area contributed by atoms with Crippen molar-refractivity contribution in [2.24, 2.45) is 14.1 Å². The van der Waals surface area contributed by atoms with E-state index in [9.17, 15) is 19.2 Å². The van der Waals surface area contributed by atoms with Gasteiger partial charge in [0.25, 0.3) is 11.1 Å². The fraction of sp³-hybridized carbons (Fsp3) is 0.450. The molecular formula is C40H48N8O8. The summed E-state index contributed by atoms with van der Waals surface area (Å²) in [4.78, 5) is 65.4. The van der Waals surface area contributed by atoms with Crippen LogP contribution in [0.3, 0.4) is 0 Å². The normalized spacial score (nSPS) is 18.0. The molecule has 0 spiro atoms. The number of rotatable bonds is 12. The molecule has 0 bridgehead atoms. The fourth-order valence-corrected chi connectivity index (χ4v) is 8.82. The number of hydrogen-bond donors (Lipinski definition) is 0. The minimum absolute atomic E-state index is 0.206. The molecule has 0 aliphatic heterocycles. The van der Waals surface area contributed by atoms with E-state index in [1.165, 1.54) is 18.3 Å². The van der Waals surface area contributed by atoms with Crippen molar-refractivity contribution < 1.29 is 18.9 Å². The zero-order valence-electron chi connectivity index (χ0n) is 33.4. The molecule has 296 valence electrons. The van der Waals surface area contributed by atoms with Crippen LogP contribution in [-0.4, -0.2) is 65.8 Å². The van der Waals surface area contributed by atoms with E-state index in [1.807, 2.05) is 64.3 Å². The van der Waals surface area contributed by atoms with Crippen LogP contribution in [0.5, 0.6) is 23.0 Å². The van der Waals surface area contributed by atoms with Gasteiger partial charge in [-0.3, -0.25) is 27.9 Å². The van der Waals surface area contributed by atoms with Gasteiger partial charge in [-0.25, -0.2) is 19.6 Å². The molecule has 0 amide bonds. The van der Waals surface area contributed by atoms with Crippen LogP contribution in [0.2, 0.25) is 0 Å². The second-order valence-corrected chi connectivity index (χ2v) is 13.9. The summed E-state index contributed by atoms with van der Waals surface area (Å²) in [5, 5.41) is 0. The maximum atomic E-state index is 14.0. The lowest BCUT2D eigenvalue weighted by Gasteiger charge is -2.52. The zero-order valence-corrected chi connectivity index (χ0v) is 33.4. The number of imidazole rings is 2. The monoisotopic (exact) mass is 768 g/mol. The molecule has 0 radical (unpaired) electrons. The number of nitrogens with zero attached hydrogens (tertiary/aromatic N) is 8. The van der Waals surface area contributed by atoms with Crippen molar-refractivity contribution in [1.82, 2.24) is 37.4 Å². The van der Waals surface area contributed by atoms with Gasteiger partial charge in [-0.2, -0.15) is 0 Å². The maximum Gasteiger partial charge on any atom is 0.332 e. The topological polar surface area (TPSA) is 161 Å². The highest BCUT2D eigenvalue weighted by atomic mass is 16.5. The van der Waals surface area contributed by atoms with Gasteiger partial charge in [-0.15, -0.1) is 0 Å². The maximum absolute atomic E-state index is 14.0. The van der Waals surface area contributed by atoms with Crippen molar-refractivity contribution in [1.29, 1.82) is 0 Å². The van der Waals surface area contributed by atoms with E-state index in [0.717, 1.165) is 11.1 Å². The standard InChI is InChI=1S/C40H48N8O8/c1-11-45-35-31(37(49)47(13-3)39(45)51)43(5)33(41-35)29-27(21-15-17-23(53-7)25(19-21)55-9)30(28(29)22-16-18-24(54-8)26(20-22)56-10)34-42-36-32(44(34)6)38(50)48(14-4)40(52)46(36)12-2/h15-20,27-30H,11-14H2,1-10H3. The smallest absolute Gasteiger partial charge is 0.332 e. The molecule has 0 unspecified atom stereocenters. The highest BCUT2D eigenvalue weighted by Crippen LogP contribution is 2.67. The second-order valence-electron chi connectivity index (χ2n) is 13.9. The number of methoxy groups -OCH3 is 4. The molecule has 7 rings (SSSR count). The SMILES string of the molecule is CCn1c(=O)c2c(nc(C3C(c4ccc(OC)c(OC)c4)C(c4nc5c(c(=O)n(CC)c(=O)n5CC)n4C)C3c3ccc(OC)c(OC)c3)n2C)n(CC)c1=O. The molecule has 1 fully saturated rings. The Kier molecular flexibility index (Phi) is 9.93. The van der Waals surface area contributed by atoms with Crippen LogP contribution in [0.4, 0.5) is 0 Å². The van der Waals surface area contributed by atoms with E-state index in [1.54, 1.807) is 51.4 Å². The molecule has 16 nitrogen and oxygen atoms in total. The minimum atomic E-state index is -0.427. The summed E-state index contributed by atoms with van der Waals surface area (Å²) in [6.07, 6.45) is 0. The van der Waals surface area contributed by atoms with E-state index in [2.05, 4.69) is 0 Å². The Morgan fingerprint density at radius 3 is 1.14 bits per heavy atom. The first kappa shape index (κ1) is 38.2. The fourth-order valence-electron chi connectivity index (χ4n) is 8.82. The number of hydrogen-bond acceptors (Lipinski definition) is 10. The number of benzene rings is 2. The molecule has 1 aliphatic rings. The van der Waals surface area contributed by atoms with Crippen molar-refractivity contribution in [3.05, 3.63) is 101 Å². The Bertz CT molecular complexity index is 2550. The lowest BCUT2D eigenvalue weighted by Crippen LogP contribution is -2.42. The molecule has 0 saturated heterocycles. The summed E-state index contributed by atoms with van der Waals surface area (Å²) < 4.78 is 32.0. The number of aromatic nitrogens is 8. The third-order valence-electron chi connectivity index (χ3n) is 11.5. The van der Waals surface area contributed by atoms with Gasteiger partial charge in [-0.05, 0) is 63.1 Å². The van der Waals surface area contributed by atoms with Gasteiger partial charge < -0.3 is 28.1 Å². The van der Waals surface area contributed by atoms with Crippen molar-refractivity contribution in [3.63, 3.8) is 0 Å². The molecule has 56 heavy (non-hydrogen) atoms. The first-order valence-electron chi connectivity index (χ1n) is 18.8. The summed E-state index contributed by atoms with van der Waals surface area (Å²) in [6, 6.07) is 11.5. The number of ether oxygens (including phenoxy) is 4. The van der Waals surface area contributed by atoms with Crippen LogP contribution in [0.25, 0.3) is 22.3 Å². The highest BCUT2D eigenvalue weighted by molar-refractivity contribution is 5.73. The lowest BCUT2D eigenvalue weighted by atomic mass is 9.51. The van der Waals surface area contributed by atoms with Crippen molar-refractivity contribution >= 4 is 22.3 Å². The average molecular weight is 769 g/mol. The molecule has 4 heterocycles. The summed E-state index contributed by atoms with van der Waals surface area (Å²) in [5.41, 5.74) is 1.31. The van der Waals surface area contributed by atoms with E-state index in [0.29, 0.717) is 70.1 Å². The summed E-state index contributed by atoms with van der Waals surface area (Å²) in [6.45, 7) is 8.28. The van der Waals surface area contributed by atoms with Crippen LogP contribution < -0.4 is 41.4 Å². The quantitative estimate of drug-likeness (QED) is 0.180. The van der Waals surface area contributed by atoms with E-state index < -0.39 is 34.3 Å². The first-order chi connectivity index (χ1) is 27.0. The lowest BCUT2D eigenvalue weighted by molar-refractivity contribution is 0.204. The van der Waals surface area contributed by atoms with Crippen molar-refractivity contribution in [3.8, 4) is 23.0 Å². The Morgan fingerprint density at radius 2 is 0.839 bits per heavy atom. The van der Waals surface area contributed by atoms with Crippen LogP contribution in [-0.2, 0) is 40.3 Å². The number of fused-ring (bicyclic) bond motifs is 2. The largest absolute Gasteiger partial charge is 0.493 e. The highest BCUT2D eigenvalue weighted by Gasteiger charge is 2.57.